The van der Waals surface area contributed by atoms with Gasteiger partial charge in [-0.15, -0.1) is 0 Å². The Kier molecular flexibility index (Phi) is 4.10. The number of nitrogens with zero attached hydrogens (tertiary/aromatic N) is 3. The van der Waals surface area contributed by atoms with Crippen molar-refractivity contribution in [2.24, 2.45) is 0 Å². The summed E-state index contributed by atoms with van der Waals surface area (Å²) in [6.45, 7) is 3.65. The van der Waals surface area contributed by atoms with Crippen LogP contribution < -0.4 is 4.90 Å². The van der Waals surface area contributed by atoms with E-state index in [-0.39, 0.29) is 11.9 Å². The Balaban J connectivity index is 1.59. The Labute approximate surface area is 172 Å². The molecule has 0 saturated carbocycles. The summed E-state index contributed by atoms with van der Waals surface area (Å²) in [5, 5.41) is 0. The van der Waals surface area contributed by atoms with Gasteiger partial charge in [-0.05, 0) is 36.6 Å². The maximum Gasteiger partial charge on any atom is 0.224 e. The fourth-order valence-corrected chi connectivity index (χ4v) is 5.18. The van der Waals surface area contributed by atoms with Crippen LogP contribution in [-0.4, -0.2) is 27.6 Å². The van der Waals surface area contributed by atoms with Gasteiger partial charge < -0.3 is 4.90 Å². The summed E-state index contributed by atoms with van der Waals surface area (Å²) in [6, 6.07) is 16.2. The summed E-state index contributed by atoms with van der Waals surface area (Å²) in [4.78, 5) is 32.4. The monoisotopic (exact) mass is 401 g/mol. The molecule has 0 N–H and O–H groups in total. The third-order valence-corrected chi connectivity index (χ3v) is 6.47. The lowest BCUT2D eigenvalue weighted by Gasteiger charge is -2.20. The number of anilines is 1. The number of aromatic nitrogens is 2. The first-order valence-electron chi connectivity index (χ1n) is 9.52. The van der Waals surface area contributed by atoms with E-state index in [2.05, 4.69) is 25.1 Å². The summed E-state index contributed by atoms with van der Waals surface area (Å²) in [5.74, 6) is 0.0496. The van der Waals surface area contributed by atoms with Crippen molar-refractivity contribution in [2.75, 3.05) is 4.90 Å². The van der Waals surface area contributed by atoms with E-state index >= 15 is 0 Å². The van der Waals surface area contributed by atoms with E-state index in [9.17, 15) is 9.59 Å². The van der Waals surface area contributed by atoms with Gasteiger partial charge in [-0.2, -0.15) is 0 Å². The topological polar surface area (TPSA) is 54.7 Å². The molecule has 0 bridgehead atoms. The number of hydrogen-bond acceptors (Lipinski definition) is 4. The zero-order valence-electron chi connectivity index (χ0n) is 16.1. The molecule has 3 heterocycles. The van der Waals surface area contributed by atoms with Gasteiger partial charge in [0.05, 0.1) is 4.88 Å². The first-order valence-corrected chi connectivity index (χ1v) is 10.3. The highest BCUT2D eigenvalue weighted by Gasteiger charge is 2.29. The number of fused-ring (bicyclic) bond motifs is 2. The number of imidazole rings is 1. The molecule has 144 valence electrons. The van der Waals surface area contributed by atoms with E-state index in [0.717, 1.165) is 44.9 Å². The fraction of sp³-hybridized carbons (Fsp3) is 0.174. The van der Waals surface area contributed by atoms with Gasteiger partial charge in [-0.25, -0.2) is 4.98 Å². The Morgan fingerprint density at radius 1 is 1.17 bits per heavy atom. The Morgan fingerprint density at radius 3 is 2.69 bits per heavy atom. The molecule has 0 aliphatic carbocycles. The number of carbonyl (C=O) groups is 2. The van der Waals surface area contributed by atoms with Crippen LogP contribution in [0.2, 0.25) is 0 Å². The highest BCUT2D eigenvalue weighted by atomic mass is 32.1. The summed E-state index contributed by atoms with van der Waals surface area (Å²) < 4.78 is 1.87. The number of amides is 1. The number of hydrogen-bond donors (Lipinski definition) is 0. The molecule has 1 atom stereocenters. The molecule has 0 saturated heterocycles. The van der Waals surface area contributed by atoms with Crippen LogP contribution in [0.25, 0.3) is 26.7 Å². The van der Waals surface area contributed by atoms with Crippen LogP contribution in [0.3, 0.4) is 0 Å². The van der Waals surface area contributed by atoms with Gasteiger partial charge in [0.2, 0.25) is 5.91 Å². The molecular weight excluding hydrogens is 382 g/mol. The molecule has 1 aliphatic heterocycles. The second kappa shape index (κ2) is 6.67. The third kappa shape index (κ3) is 2.79. The van der Waals surface area contributed by atoms with Gasteiger partial charge in [0.1, 0.15) is 11.4 Å². The first-order chi connectivity index (χ1) is 14.1. The van der Waals surface area contributed by atoms with Crippen molar-refractivity contribution >= 4 is 34.2 Å². The molecule has 1 amide bonds. The Hall–Kier alpha value is -3.25. The van der Waals surface area contributed by atoms with E-state index < -0.39 is 0 Å². The van der Waals surface area contributed by atoms with Crippen LogP contribution in [0.4, 0.5) is 5.69 Å². The van der Waals surface area contributed by atoms with E-state index in [1.807, 2.05) is 45.8 Å². The lowest BCUT2D eigenvalue weighted by atomic mass is 10.0. The maximum absolute atomic E-state index is 12.0. The van der Waals surface area contributed by atoms with Crippen molar-refractivity contribution in [1.82, 2.24) is 9.38 Å². The number of rotatable bonds is 3. The van der Waals surface area contributed by atoms with Crippen molar-refractivity contribution in [1.29, 1.82) is 0 Å². The molecule has 6 heteroatoms. The normalized spacial score (nSPS) is 15.7. The van der Waals surface area contributed by atoms with Crippen LogP contribution in [0, 0.1) is 0 Å². The average Bonchev–Trinajstić information content (AvgIpc) is 3.37. The van der Waals surface area contributed by atoms with Crippen LogP contribution in [0.5, 0.6) is 0 Å². The van der Waals surface area contributed by atoms with E-state index in [4.69, 9.17) is 4.98 Å². The zero-order valence-corrected chi connectivity index (χ0v) is 16.9. The lowest BCUT2D eigenvalue weighted by Crippen LogP contribution is -2.33. The van der Waals surface area contributed by atoms with Gasteiger partial charge in [0.15, 0.2) is 11.2 Å². The van der Waals surface area contributed by atoms with Gasteiger partial charge in [-0.3, -0.25) is 14.0 Å². The van der Waals surface area contributed by atoms with Gasteiger partial charge >= 0.3 is 0 Å². The molecule has 0 fully saturated rings. The van der Waals surface area contributed by atoms with Gasteiger partial charge in [0.25, 0.3) is 0 Å². The highest BCUT2D eigenvalue weighted by molar-refractivity contribution is 7.20. The van der Waals surface area contributed by atoms with Crippen LogP contribution >= 0.6 is 11.3 Å². The predicted octanol–water partition coefficient (Wildman–Crippen LogP) is 4.84. The molecule has 1 aliphatic rings. The van der Waals surface area contributed by atoms with Crippen molar-refractivity contribution < 1.29 is 9.59 Å². The fourth-order valence-electron chi connectivity index (χ4n) is 4.18. The first kappa shape index (κ1) is 17.8. The van der Waals surface area contributed by atoms with Gasteiger partial charge in [0, 0.05) is 30.4 Å². The Morgan fingerprint density at radius 2 is 1.97 bits per heavy atom. The largest absolute Gasteiger partial charge is 0.309 e. The van der Waals surface area contributed by atoms with E-state index in [0.29, 0.717) is 11.4 Å². The lowest BCUT2D eigenvalue weighted by molar-refractivity contribution is -0.116. The van der Waals surface area contributed by atoms with Crippen molar-refractivity contribution in [2.45, 2.75) is 26.3 Å². The minimum Gasteiger partial charge on any atom is -0.309 e. The molecule has 5 rings (SSSR count). The average molecular weight is 401 g/mol. The van der Waals surface area contributed by atoms with Crippen molar-refractivity contribution in [3.8, 4) is 21.7 Å². The third-order valence-electron chi connectivity index (χ3n) is 5.44. The van der Waals surface area contributed by atoms with Crippen LogP contribution in [-0.2, 0) is 11.2 Å². The molecule has 1 unspecified atom stereocenters. The van der Waals surface area contributed by atoms with Crippen LogP contribution in [0.1, 0.15) is 29.9 Å². The number of benzene rings is 2. The van der Waals surface area contributed by atoms with Crippen LogP contribution in [0.15, 0.2) is 54.7 Å². The molecule has 4 aromatic rings. The standard InChI is InChI=1S/C23H19N3O2S/c1-14-10-18-11-17(8-9-19(18)26(14)15(2)28)22-20(13-27)25-12-21(29-23(25)24-22)16-6-4-3-5-7-16/h3-9,11-14H,10H2,1-2H3. The summed E-state index contributed by atoms with van der Waals surface area (Å²) >= 11 is 1.57. The maximum atomic E-state index is 12.0. The van der Waals surface area contributed by atoms with Gasteiger partial charge in [-0.1, -0.05) is 47.7 Å². The second-order valence-electron chi connectivity index (χ2n) is 7.36. The Bertz CT molecular complexity index is 1260. The molecule has 5 nitrogen and oxygen atoms in total. The summed E-state index contributed by atoms with van der Waals surface area (Å²) in [5.41, 5.74) is 5.31. The molecule has 0 radical (unpaired) electrons. The van der Waals surface area contributed by atoms with Crippen molar-refractivity contribution in [3.63, 3.8) is 0 Å². The highest BCUT2D eigenvalue weighted by Crippen LogP contribution is 2.37. The predicted molar refractivity (Wildman–Crippen MR) is 116 cm³/mol. The smallest absolute Gasteiger partial charge is 0.224 e. The minimum absolute atomic E-state index is 0.0496. The molecule has 2 aromatic carbocycles. The molecule has 0 spiro atoms. The summed E-state index contributed by atoms with van der Waals surface area (Å²) in [6.07, 6.45) is 3.65. The SMILES string of the molecule is CC(=O)N1c2ccc(-c3nc4sc(-c5ccccc5)cn4c3C=O)cc2CC1C. The second-order valence-corrected chi connectivity index (χ2v) is 8.37. The van der Waals surface area contributed by atoms with E-state index in [1.165, 1.54) is 0 Å². The number of carbonyl (C=O) groups excluding carboxylic acids is 2. The molecular formula is C23H19N3O2S. The molecule has 2 aromatic heterocycles. The minimum atomic E-state index is 0.0496. The molecule has 29 heavy (non-hydrogen) atoms. The number of aldehydes is 1. The van der Waals surface area contributed by atoms with E-state index in [1.54, 1.807) is 18.3 Å². The van der Waals surface area contributed by atoms with Crippen molar-refractivity contribution in [3.05, 3.63) is 66.0 Å². The number of thiazole rings is 1. The summed E-state index contributed by atoms with van der Waals surface area (Å²) in [7, 11) is 0. The zero-order chi connectivity index (χ0) is 20.1. The quantitative estimate of drug-likeness (QED) is 0.462.